The zero-order valence-electron chi connectivity index (χ0n) is 10.1. The molecule has 1 rings (SSSR count). The Morgan fingerprint density at radius 1 is 1.65 bits per heavy atom. The molecule has 0 fully saturated rings. The molecule has 0 aliphatic rings. The molecule has 17 heavy (non-hydrogen) atoms. The van der Waals surface area contributed by atoms with Crippen molar-refractivity contribution in [1.29, 1.82) is 5.26 Å². The van der Waals surface area contributed by atoms with Gasteiger partial charge in [0.05, 0.1) is 37.5 Å². The van der Waals surface area contributed by atoms with Gasteiger partial charge in [0.1, 0.15) is 0 Å². The highest BCUT2D eigenvalue weighted by Crippen LogP contribution is 2.06. The van der Waals surface area contributed by atoms with Crippen LogP contribution < -0.4 is 10.5 Å². The lowest BCUT2D eigenvalue weighted by Crippen LogP contribution is -2.27. The van der Waals surface area contributed by atoms with Gasteiger partial charge in [-0.3, -0.25) is 4.79 Å². The first-order chi connectivity index (χ1) is 8.19. The standard InChI is InChI=1S/C11H16N4O2/c1-14(6-7-17-2)10-8-11(16)15(13-9-10)5-3-4-12/h8-9H,3,5-7H2,1-2H3. The summed E-state index contributed by atoms with van der Waals surface area (Å²) in [6, 6.07) is 3.50. The fourth-order valence-electron chi connectivity index (χ4n) is 1.31. The number of rotatable bonds is 6. The molecular weight excluding hydrogens is 220 g/mol. The average Bonchev–Trinajstić information content (AvgIpc) is 2.34. The van der Waals surface area contributed by atoms with Crippen molar-refractivity contribution < 1.29 is 4.74 Å². The second-order valence-corrected chi connectivity index (χ2v) is 3.60. The second-order valence-electron chi connectivity index (χ2n) is 3.60. The van der Waals surface area contributed by atoms with Crippen molar-refractivity contribution in [3.05, 3.63) is 22.6 Å². The molecular formula is C11H16N4O2. The number of hydrogen-bond donors (Lipinski definition) is 0. The molecule has 0 bridgehead atoms. The number of ether oxygens (including phenoxy) is 1. The van der Waals surface area contributed by atoms with Crippen LogP contribution in [0.4, 0.5) is 5.69 Å². The van der Waals surface area contributed by atoms with Crippen LogP contribution >= 0.6 is 0 Å². The van der Waals surface area contributed by atoms with Crippen molar-refractivity contribution in [3.8, 4) is 6.07 Å². The Kier molecular flexibility index (Phi) is 5.17. The molecule has 1 heterocycles. The first-order valence-electron chi connectivity index (χ1n) is 5.33. The van der Waals surface area contributed by atoms with Gasteiger partial charge in [-0.25, -0.2) is 4.68 Å². The molecule has 0 aromatic carbocycles. The van der Waals surface area contributed by atoms with Crippen LogP contribution in [0.15, 0.2) is 17.1 Å². The molecule has 1 aromatic rings. The summed E-state index contributed by atoms with van der Waals surface area (Å²) < 4.78 is 6.25. The number of nitriles is 1. The highest BCUT2D eigenvalue weighted by Gasteiger charge is 2.04. The number of aromatic nitrogens is 2. The number of aryl methyl sites for hydroxylation is 1. The Morgan fingerprint density at radius 3 is 3.00 bits per heavy atom. The van der Waals surface area contributed by atoms with E-state index in [1.54, 1.807) is 13.3 Å². The lowest BCUT2D eigenvalue weighted by molar-refractivity contribution is 0.206. The summed E-state index contributed by atoms with van der Waals surface area (Å²) >= 11 is 0. The van der Waals surface area contributed by atoms with E-state index < -0.39 is 0 Å². The first-order valence-corrected chi connectivity index (χ1v) is 5.33. The van der Waals surface area contributed by atoms with Gasteiger partial charge in [-0.1, -0.05) is 0 Å². The number of methoxy groups -OCH3 is 1. The molecule has 92 valence electrons. The molecule has 0 aliphatic heterocycles. The maximum atomic E-state index is 11.7. The van der Waals surface area contributed by atoms with Gasteiger partial charge >= 0.3 is 0 Å². The van der Waals surface area contributed by atoms with Gasteiger partial charge in [0.2, 0.25) is 0 Å². The minimum absolute atomic E-state index is 0.193. The number of nitrogens with zero attached hydrogens (tertiary/aromatic N) is 4. The molecule has 6 nitrogen and oxygen atoms in total. The quantitative estimate of drug-likeness (QED) is 0.707. The molecule has 0 saturated heterocycles. The Labute approximate surface area is 100 Å². The van der Waals surface area contributed by atoms with Gasteiger partial charge in [0, 0.05) is 26.8 Å². The molecule has 0 N–H and O–H groups in total. The Bertz CT molecular complexity index is 450. The normalized spacial score (nSPS) is 9.94. The van der Waals surface area contributed by atoms with Crippen molar-refractivity contribution in [2.75, 3.05) is 32.2 Å². The molecule has 1 aromatic heterocycles. The van der Waals surface area contributed by atoms with Crippen molar-refractivity contribution in [2.24, 2.45) is 0 Å². The van der Waals surface area contributed by atoms with Crippen LogP contribution in [0.3, 0.4) is 0 Å². The van der Waals surface area contributed by atoms with Crippen LogP contribution in [-0.2, 0) is 11.3 Å². The van der Waals surface area contributed by atoms with Gasteiger partial charge in [-0.15, -0.1) is 0 Å². The van der Waals surface area contributed by atoms with Gasteiger partial charge in [0.15, 0.2) is 0 Å². The predicted octanol–water partition coefficient (Wildman–Crippen LogP) is 0.240. The lowest BCUT2D eigenvalue weighted by atomic mass is 10.4. The highest BCUT2D eigenvalue weighted by atomic mass is 16.5. The second kappa shape index (κ2) is 6.66. The van der Waals surface area contributed by atoms with Gasteiger partial charge in [-0.05, 0) is 0 Å². The zero-order chi connectivity index (χ0) is 12.7. The summed E-state index contributed by atoms with van der Waals surface area (Å²) in [7, 11) is 3.50. The topological polar surface area (TPSA) is 71.2 Å². The van der Waals surface area contributed by atoms with E-state index in [0.717, 1.165) is 5.69 Å². The van der Waals surface area contributed by atoms with Crippen LogP contribution in [0, 0.1) is 11.3 Å². The van der Waals surface area contributed by atoms with E-state index in [9.17, 15) is 4.79 Å². The van der Waals surface area contributed by atoms with Crippen LogP contribution in [0.25, 0.3) is 0 Å². The van der Waals surface area contributed by atoms with E-state index in [4.69, 9.17) is 10.00 Å². The van der Waals surface area contributed by atoms with E-state index in [-0.39, 0.29) is 12.0 Å². The molecule has 0 amide bonds. The number of hydrogen-bond acceptors (Lipinski definition) is 5. The number of likely N-dealkylation sites (N-methyl/N-ethyl adjacent to an activating group) is 1. The fraction of sp³-hybridized carbons (Fsp3) is 0.545. The minimum Gasteiger partial charge on any atom is -0.383 e. The van der Waals surface area contributed by atoms with Crippen molar-refractivity contribution in [3.63, 3.8) is 0 Å². The van der Waals surface area contributed by atoms with Gasteiger partial charge in [0.25, 0.3) is 5.56 Å². The van der Waals surface area contributed by atoms with Crippen molar-refractivity contribution in [1.82, 2.24) is 9.78 Å². The molecule has 0 saturated carbocycles. The van der Waals surface area contributed by atoms with Crippen LogP contribution in [0.2, 0.25) is 0 Å². The molecule has 0 atom stereocenters. The van der Waals surface area contributed by atoms with E-state index in [1.807, 2.05) is 18.0 Å². The van der Waals surface area contributed by atoms with E-state index in [1.165, 1.54) is 10.7 Å². The molecule has 6 heteroatoms. The van der Waals surface area contributed by atoms with E-state index >= 15 is 0 Å². The molecule has 0 spiro atoms. The maximum absolute atomic E-state index is 11.7. The SMILES string of the molecule is COCCN(C)c1cnn(CCC#N)c(=O)c1. The van der Waals surface area contributed by atoms with E-state index in [2.05, 4.69) is 5.10 Å². The Hall–Kier alpha value is -1.87. The highest BCUT2D eigenvalue weighted by molar-refractivity contribution is 5.41. The summed E-state index contributed by atoms with van der Waals surface area (Å²) in [5.41, 5.74) is 0.558. The van der Waals surface area contributed by atoms with Gasteiger partial charge in [-0.2, -0.15) is 10.4 Å². The Balaban J connectivity index is 2.75. The summed E-state index contributed by atoms with van der Waals surface area (Å²) in [5.74, 6) is 0. The zero-order valence-corrected chi connectivity index (χ0v) is 10.1. The minimum atomic E-state index is -0.193. The largest absolute Gasteiger partial charge is 0.383 e. The van der Waals surface area contributed by atoms with Gasteiger partial charge < -0.3 is 9.64 Å². The monoisotopic (exact) mass is 236 g/mol. The average molecular weight is 236 g/mol. The first kappa shape index (κ1) is 13.2. The summed E-state index contributed by atoms with van der Waals surface area (Å²) in [6.07, 6.45) is 1.90. The third kappa shape index (κ3) is 3.89. The molecule has 0 radical (unpaired) electrons. The Morgan fingerprint density at radius 2 is 2.41 bits per heavy atom. The summed E-state index contributed by atoms with van der Waals surface area (Å²) in [6.45, 7) is 1.62. The summed E-state index contributed by atoms with van der Waals surface area (Å²) in [4.78, 5) is 13.6. The van der Waals surface area contributed by atoms with Crippen molar-refractivity contribution >= 4 is 5.69 Å². The van der Waals surface area contributed by atoms with Crippen LogP contribution in [0.5, 0.6) is 0 Å². The smallest absolute Gasteiger partial charge is 0.268 e. The third-order valence-electron chi connectivity index (χ3n) is 2.36. The molecule has 0 unspecified atom stereocenters. The fourth-order valence-corrected chi connectivity index (χ4v) is 1.31. The van der Waals surface area contributed by atoms with E-state index in [0.29, 0.717) is 19.7 Å². The van der Waals surface area contributed by atoms with Crippen LogP contribution in [0.1, 0.15) is 6.42 Å². The number of anilines is 1. The van der Waals surface area contributed by atoms with Crippen LogP contribution in [-0.4, -0.2) is 37.1 Å². The maximum Gasteiger partial charge on any atom is 0.268 e. The van der Waals surface area contributed by atoms with Crippen molar-refractivity contribution in [2.45, 2.75) is 13.0 Å². The summed E-state index contributed by atoms with van der Waals surface area (Å²) in [5, 5.41) is 12.5. The lowest BCUT2D eigenvalue weighted by Gasteiger charge is -2.18. The third-order valence-corrected chi connectivity index (χ3v) is 2.36. The molecule has 0 aliphatic carbocycles. The predicted molar refractivity (Wildman–Crippen MR) is 63.9 cm³/mol.